The molecule has 0 saturated heterocycles. The van der Waals surface area contributed by atoms with E-state index in [4.69, 9.17) is 0 Å². The van der Waals surface area contributed by atoms with Crippen molar-refractivity contribution in [3.8, 4) is 0 Å². The molecule has 0 aliphatic heterocycles. The monoisotopic (exact) mass is 228 g/mol. The predicted octanol–water partition coefficient (Wildman–Crippen LogP) is 1.20. The third kappa shape index (κ3) is 3.28. The number of nitrogens with one attached hydrogen (secondary N) is 1. The van der Waals surface area contributed by atoms with Crippen LogP contribution in [0.3, 0.4) is 0 Å². The minimum Gasteiger partial charge on any atom is -0.391 e. The number of aliphatic hydroxyl groups excluding tert-OH is 1. The van der Waals surface area contributed by atoms with Crippen LogP contribution < -0.4 is 5.32 Å². The van der Waals surface area contributed by atoms with Crippen LogP contribution in [0, 0.1) is 12.8 Å². The standard InChI is InChI=1S/C10H16N2O2S/c1-6(2)8(13)4-11-10(14)9-7(3)12-5-15-9/h5-6,8,13H,4H2,1-3H3,(H,11,14). The van der Waals surface area contributed by atoms with Crippen LogP contribution in [0.2, 0.25) is 0 Å². The van der Waals surface area contributed by atoms with Gasteiger partial charge in [-0.3, -0.25) is 4.79 Å². The van der Waals surface area contributed by atoms with Gasteiger partial charge >= 0.3 is 0 Å². The minimum atomic E-state index is -0.498. The first-order chi connectivity index (χ1) is 7.02. The fourth-order valence-corrected chi connectivity index (χ4v) is 1.75. The smallest absolute Gasteiger partial charge is 0.263 e. The lowest BCUT2D eigenvalue weighted by Crippen LogP contribution is -2.34. The molecule has 0 radical (unpaired) electrons. The average molecular weight is 228 g/mol. The van der Waals surface area contributed by atoms with Crippen LogP contribution in [0.4, 0.5) is 0 Å². The number of thiazole rings is 1. The molecule has 0 fully saturated rings. The molecule has 4 nitrogen and oxygen atoms in total. The number of nitrogens with zero attached hydrogens (tertiary/aromatic N) is 1. The topological polar surface area (TPSA) is 62.2 Å². The van der Waals surface area contributed by atoms with Crippen molar-refractivity contribution in [3.63, 3.8) is 0 Å². The van der Waals surface area contributed by atoms with Gasteiger partial charge in [0, 0.05) is 6.54 Å². The Morgan fingerprint density at radius 2 is 2.33 bits per heavy atom. The number of carbonyl (C=O) groups excluding carboxylic acids is 1. The van der Waals surface area contributed by atoms with Gasteiger partial charge in [0.05, 0.1) is 17.3 Å². The molecule has 0 aromatic carbocycles. The Balaban J connectivity index is 2.47. The van der Waals surface area contributed by atoms with E-state index < -0.39 is 6.10 Å². The quantitative estimate of drug-likeness (QED) is 0.814. The van der Waals surface area contributed by atoms with Crippen molar-refractivity contribution in [2.45, 2.75) is 26.9 Å². The second-order valence-corrected chi connectivity index (χ2v) is 4.64. The predicted molar refractivity (Wildman–Crippen MR) is 60.0 cm³/mol. The lowest BCUT2D eigenvalue weighted by atomic mass is 10.1. The Hall–Kier alpha value is -0.940. The highest BCUT2D eigenvalue weighted by molar-refractivity contribution is 7.11. The summed E-state index contributed by atoms with van der Waals surface area (Å²) in [5, 5.41) is 12.2. The van der Waals surface area contributed by atoms with E-state index in [1.54, 1.807) is 12.4 Å². The summed E-state index contributed by atoms with van der Waals surface area (Å²) in [5.74, 6) is -0.0115. The largest absolute Gasteiger partial charge is 0.391 e. The number of amides is 1. The van der Waals surface area contributed by atoms with Crippen LogP contribution in [0.5, 0.6) is 0 Å². The maximum Gasteiger partial charge on any atom is 0.263 e. The van der Waals surface area contributed by atoms with Crippen molar-refractivity contribution >= 4 is 17.2 Å². The summed E-state index contributed by atoms with van der Waals surface area (Å²) < 4.78 is 0. The van der Waals surface area contributed by atoms with E-state index in [0.717, 1.165) is 5.69 Å². The Bertz CT molecular complexity index is 336. The van der Waals surface area contributed by atoms with Gasteiger partial charge in [-0.2, -0.15) is 0 Å². The molecule has 2 N–H and O–H groups in total. The van der Waals surface area contributed by atoms with Gasteiger partial charge in [0.1, 0.15) is 4.88 Å². The summed E-state index contributed by atoms with van der Waals surface area (Å²) in [6.45, 7) is 5.90. The van der Waals surface area contributed by atoms with Crippen LogP contribution in [-0.2, 0) is 0 Å². The fraction of sp³-hybridized carbons (Fsp3) is 0.600. The zero-order valence-corrected chi connectivity index (χ0v) is 9.97. The minimum absolute atomic E-state index is 0.146. The lowest BCUT2D eigenvalue weighted by Gasteiger charge is -2.14. The van der Waals surface area contributed by atoms with Crippen LogP contribution in [0.1, 0.15) is 29.2 Å². The van der Waals surface area contributed by atoms with E-state index in [2.05, 4.69) is 10.3 Å². The Morgan fingerprint density at radius 1 is 1.67 bits per heavy atom. The Labute approximate surface area is 93.4 Å². The van der Waals surface area contributed by atoms with Crippen molar-refractivity contribution in [2.75, 3.05) is 6.54 Å². The first-order valence-electron chi connectivity index (χ1n) is 4.88. The van der Waals surface area contributed by atoms with Gasteiger partial charge in [-0.1, -0.05) is 13.8 Å². The highest BCUT2D eigenvalue weighted by Crippen LogP contribution is 2.11. The molecule has 1 rings (SSSR count). The van der Waals surface area contributed by atoms with Crippen molar-refractivity contribution < 1.29 is 9.90 Å². The van der Waals surface area contributed by atoms with Gasteiger partial charge in [0.25, 0.3) is 5.91 Å². The van der Waals surface area contributed by atoms with Gasteiger partial charge in [-0.25, -0.2) is 4.98 Å². The summed E-state index contributed by atoms with van der Waals surface area (Å²) in [4.78, 5) is 16.2. The normalized spacial score (nSPS) is 12.9. The zero-order valence-electron chi connectivity index (χ0n) is 9.15. The van der Waals surface area contributed by atoms with Gasteiger partial charge in [-0.05, 0) is 12.8 Å². The SMILES string of the molecule is Cc1ncsc1C(=O)NCC(O)C(C)C. The van der Waals surface area contributed by atoms with E-state index in [0.29, 0.717) is 4.88 Å². The number of carbonyl (C=O) groups is 1. The molecule has 5 heteroatoms. The number of aryl methyl sites for hydroxylation is 1. The summed E-state index contributed by atoms with van der Waals surface area (Å²) in [7, 11) is 0. The highest BCUT2D eigenvalue weighted by atomic mass is 32.1. The molecule has 1 aromatic rings. The van der Waals surface area contributed by atoms with E-state index in [9.17, 15) is 9.90 Å². The number of hydrogen-bond donors (Lipinski definition) is 2. The second kappa shape index (κ2) is 5.23. The molecular weight excluding hydrogens is 212 g/mol. The number of aromatic nitrogens is 1. The molecule has 1 atom stereocenters. The van der Waals surface area contributed by atoms with Gasteiger partial charge < -0.3 is 10.4 Å². The van der Waals surface area contributed by atoms with Crippen LogP contribution >= 0.6 is 11.3 Å². The summed E-state index contributed by atoms with van der Waals surface area (Å²) >= 11 is 1.31. The lowest BCUT2D eigenvalue weighted by molar-refractivity contribution is 0.0874. The van der Waals surface area contributed by atoms with E-state index in [-0.39, 0.29) is 18.4 Å². The first-order valence-corrected chi connectivity index (χ1v) is 5.76. The van der Waals surface area contributed by atoms with Gasteiger partial charge in [0.15, 0.2) is 0 Å². The van der Waals surface area contributed by atoms with Crippen molar-refractivity contribution in [1.29, 1.82) is 0 Å². The summed E-state index contributed by atoms with van der Waals surface area (Å²) in [6, 6.07) is 0. The zero-order chi connectivity index (χ0) is 11.4. The van der Waals surface area contributed by atoms with E-state index >= 15 is 0 Å². The van der Waals surface area contributed by atoms with Gasteiger partial charge in [-0.15, -0.1) is 11.3 Å². The molecule has 0 bridgehead atoms. The van der Waals surface area contributed by atoms with Crippen molar-refractivity contribution in [1.82, 2.24) is 10.3 Å². The Kier molecular flexibility index (Phi) is 4.23. The molecule has 0 spiro atoms. The molecule has 0 aliphatic carbocycles. The second-order valence-electron chi connectivity index (χ2n) is 3.79. The summed E-state index contributed by atoms with van der Waals surface area (Å²) in [5.41, 5.74) is 2.37. The third-order valence-corrected chi connectivity index (χ3v) is 3.12. The van der Waals surface area contributed by atoms with Crippen LogP contribution in [0.15, 0.2) is 5.51 Å². The first kappa shape index (κ1) is 12.1. The molecule has 0 aliphatic rings. The van der Waals surface area contributed by atoms with Crippen molar-refractivity contribution in [2.24, 2.45) is 5.92 Å². The molecule has 0 saturated carbocycles. The molecule has 1 heterocycles. The number of rotatable bonds is 4. The van der Waals surface area contributed by atoms with Crippen molar-refractivity contribution in [3.05, 3.63) is 16.1 Å². The van der Waals surface area contributed by atoms with E-state index in [1.807, 2.05) is 13.8 Å². The molecule has 1 aromatic heterocycles. The average Bonchev–Trinajstić information content (AvgIpc) is 2.60. The van der Waals surface area contributed by atoms with Gasteiger partial charge in [0.2, 0.25) is 0 Å². The van der Waals surface area contributed by atoms with Crippen LogP contribution in [-0.4, -0.2) is 28.6 Å². The Morgan fingerprint density at radius 3 is 2.80 bits per heavy atom. The maximum absolute atomic E-state index is 11.6. The molecular formula is C10H16N2O2S. The molecule has 15 heavy (non-hydrogen) atoms. The summed E-state index contributed by atoms with van der Waals surface area (Å²) in [6.07, 6.45) is -0.498. The highest BCUT2D eigenvalue weighted by Gasteiger charge is 2.14. The fourth-order valence-electron chi connectivity index (χ4n) is 1.03. The number of aliphatic hydroxyl groups is 1. The molecule has 1 amide bonds. The number of hydrogen-bond acceptors (Lipinski definition) is 4. The maximum atomic E-state index is 11.6. The molecule has 84 valence electrons. The molecule has 1 unspecified atom stereocenters. The third-order valence-electron chi connectivity index (χ3n) is 2.19. The van der Waals surface area contributed by atoms with E-state index in [1.165, 1.54) is 11.3 Å². The van der Waals surface area contributed by atoms with Crippen LogP contribution in [0.25, 0.3) is 0 Å².